The fourth-order valence-corrected chi connectivity index (χ4v) is 2.60. The van der Waals surface area contributed by atoms with Crippen LogP contribution in [-0.2, 0) is 0 Å². The van der Waals surface area contributed by atoms with E-state index in [0.29, 0.717) is 5.56 Å². The van der Waals surface area contributed by atoms with Crippen LogP contribution in [0.25, 0.3) is 10.9 Å². The summed E-state index contributed by atoms with van der Waals surface area (Å²) in [6.45, 7) is 2.02. The van der Waals surface area contributed by atoms with Crippen molar-refractivity contribution in [2.45, 2.75) is 6.92 Å². The molecule has 1 heterocycles. The summed E-state index contributed by atoms with van der Waals surface area (Å²) >= 11 is 3.49. The van der Waals surface area contributed by atoms with Gasteiger partial charge in [-0.25, -0.2) is 0 Å². The van der Waals surface area contributed by atoms with E-state index in [2.05, 4.69) is 25.9 Å². The quantitative estimate of drug-likeness (QED) is 0.666. The molecule has 0 aliphatic carbocycles. The van der Waals surface area contributed by atoms with Crippen molar-refractivity contribution in [3.63, 3.8) is 0 Å². The number of hydrogen-bond acceptors (Lipinski definition) is 3. The van der Waals surface area contributed by atoms with Gasteiger partial charge in [0.2, 0.25) is 0 Å². The standard InChI is InChI=1S/C17H15BrN2O2/c1-10-3-4-11(7-15(10)18)19-9-14-13-8-12(22-2)5-6-16(13)20-17(14)21/h3-9,20-21H,1-2H3. The zero-order valence-electron chi connectivity index (χ0n) is 12.2. The molecule has 2 aromatic carbocycles. The van der Waals surface area contributed by atoms with Crippen molar-refractivity contribution >= 4 is 38.7 Å². The molecule has 0 unspecified atom stereocenters. The number of aromatic amines is 1. The van der Waals surface area contributed by atoms with Crippen molar-refractivity contribution in [3.8, 4) is 11.6 Å². The average Bonchev–Trinajstić information content (AvgIpc) is 2.83. The minimum absolute atomic E-state index is 0.0955. The molecule has 0 fully saturated rings. The Morgan fingerprint density at radius 1 is 1.23 bits per heavy atom. The molecular formula is C17H15BrN2O2. The van der Waals surface area contributed by atoms with Gasteiger partial charge in [0.05, 0.1) is 18.4 Å². The van der Waals surface area contributed by atoms with Crippen LogP contribution in [0.3, 0.4) is 0 Å². The SMILES string of the molecule is COc1ccc2[nH]c(O)c(C=Nc3ccc(C)c(Br)c3)c2c1. The molecule has 0 amide bonds. The number of nitrogens with zero attached hydrogens (tertiary/aromatic N) is 1. The number of aliphatic imine (C=N–C) groups is 1. The van der Waals surface area contributed by atoms with E-state index in [1.54, 1.807) is 13.3 Å². The zero-order chi connectivity index (χ0) is 15.7. The van der Waals surface area contributed by atoms with Gasteiger partial charge in [-0.05, 0) is 42.8 Å². The highest BCUT2D eigenvalue weighted by atomic mass is 79.9. The van der Waals surface area contributed by atoms with Gasteiger partial charge in [0.25, 0.3) is 0 Å². The van der Waals surface area contributed by atoms with Crippen LogP contribution in [0.4, 0.5) is 5.69 Å². The molecule has 0 spiro atoms. The number of benzene rings is 2. The van der Waals surface area contributed by atoms with Crippen molar-refractivity contribution in [1.29, 1.82) is 0 Å². The largest absolute Gasteiger partial charge is 0.497 e. The maximum Gasteiger partial charge on any atom is 0.198 e. The number of fused-ring (bicyclic) bond motifs is 1. The van der Waals surface area contributed by atoms with E-state index in [-0.39, 0.29) is 5.88 Å². The Morgan fingerprint density at radius 3 is 2.77 bits per heavy atom. The number of H-pyrrole nitrogens is 1. The summed E-state index contributed by atoms with van der Waals surface area (Å²) in [5.41, 5.74) is 3.45. The lowest BCUT2D eigenvalue weighted by Gasteiger charge is -2.00. The van der Waals surface area contributed by atoms with Gasteiger partial charge in [-0.15, -0.1) is 0 Å². The van der Waals surface area contributed by atoms with Crippen LogP contribution in [0.2, 0.25) is 0 Å². The number of halogens is 1. The molecule has 0 atom stereocenters. The molecule has 0 saturated heterocycles. The Kier molecular flexibility index (Phi) is 3.90. The van der Waals surface area contributed by atoms with Crippen LogP contribution in [-0.4, -0.2) is 23.4 Å². The number of ether oxygens (including phenoxy) is 1. The van der Waals surface area contributed by atoms with Crippen molar-refractivity contribution in [3.05, 3.63) is 52.0 Å². The second-order valence-electron chi connectivity index (χ2n) is 4.99. The number of hydrogen-bond donors (Lipinski definition) is 2. The summed E-state index contributed by atoms with van der Waals surface area (Å²) < 4.78 is 6.24. The van der Waals surface area contributed by atoms with Crippen molar-refractivity contribution < 1.29 is 9.84 Å². The minimum Gasteiger partial charge on any atom is -0.497 e. The molecule has 0 aliphatic heterocycles. The topological polar surface area (TPSA) is 57.6 Å². The monoisotopic (exact) mass is 358 g/mol. The summed E-state index contributed by atoms with van der Waals surface area (Å²) in [6, 6.07) is 11.5. The summed E-state index contributed by atoms with van der Waals surface area (Å²) in [4.78, 5) is 7.38. The molecule has 0 saturated carbocycles. The highest BCUT2D eigenvalue weighted by Gasteiger charge is 2.09. The lowest BCUT2D eigenvalue weighted by Crippen LogP contribution is -1.83. The maximum atomic E-state index is 10.1. The van der Waals surface area contributed by atoms with Crippen LogP contribution in [0.1, 0.15) is 11.1 Å². The molecule has 1 aromatic heterocycles. The molecule has 0 aliphatic rings. The molecule has 5 heteroatoms. The molecule has 2 N–H and O–H groups in total. The minimum atomic E-state index is 0.0955. The van der Waals surface area contributed by atoms with Crippen LogP contribution in [0.15, 0.2) is 45.9 Å². The van der Waals surface area contributed by atoms with Crippen molar-refractivity contribution in [2.24, 2.45) is 4.99 Å². The Hall–Kier alpha value is -2.27. The molecule has 3 rings (SSSR count). The van der Waals surface area contributed by atoms with Crippen LogP contribution >= 0.6 is 15.9 Å². The zero-order valence-corrected chi connectivity index (χ0v) is 13.8. The predicted molar refractivity (Wildman–Crippen MR) is 92.6 cm³/mol. The molecule has 0 bridgehead atoms. The number of methoxy groups -OCH3 is 1. The lowest BCUT2D eigenvalue weighted by molar-refractivity contribution is 0.415. The Balaban J connectivity index is 2.03. The van der Waals surface area contributed by atoms with E-state index in [0.717, 1.165) is 32.4 Å². The van der Waals surface area contributed by atoms with Crippen LogP contribution < -0.4 is 4.74 Å². The number of nitrogens with one attached hydrogen (secondary N) is 1. The average molecular weight is 359 g/mol. The fraction of sp³-hybridized carbons (Fsp3) is 0.118. The predicted octanol–water partition coefficient (Wildman–Crippen LogP) is 4.70. The highest BCUT2D eigenvalue weighted by molar-refractivity contribution is 9.10. The molecule has 4 nitrogen and oxygen atoms in total. The van der Waals surface area contributed by atoms with Gasteiger partial charge < -0.3 is 14.8 Å². The second-order valence-corrected chi connectivity index (χ2v) is 5.84. The number of aromatic hydroxyl groups is 1. The Morgan fingerprint density at radius 2 is 2.05 bits per heavy atom. The van der Waals surface area contributed by atoms with Crippen LogP contribution in [0, 0.1) is 6.92 Å². The maximum absolute atomic E-state index is 10.1. The van der Waals surface area contributed by atoms with Gasteiger partial charge in [-0.2, -0.15) is 0 Å². The third kappa shape index (κ3) is 2.72. The third-order valence-corrected chi connectivity index (χ3v) is 4.38. The highest BCUT2D eigenvalue weighted by Crippen LogP contribution is 2.30. The van der Waals surface area contributed by atoms with E-state index in [4.69, 9.17) is 4.74 Å². The summed E-state index contributed by atoms with van der Waals surface area (Å²) in [5, 5.41) is 10.9. The van der Waals surface area contributed by atoms with Crippen molar-refractivity contribution in [1.82, 2.24) is 4.98 Å². The molecule has 112 valence electrons. The smallest absolute Gasteiger partial charge is 0.198 e. The number of aromatic nitrogens is 1. The normalized spacial score (nSPS) is 11.4. The first kappa shape index (κ1) is 14.7. The first-order valence-electron chi connectivity index (χ1n) is 6.77. The van der Waals surface area contributed by atoms with Gasteiger partial charge in [0.15, 0.2) is 5.88 Å². The second kappa shape index (κ2) is 5.85. The van der Waals surface area contributed by atoms with Crippen LogP contribution in [0.5, 0.6) is 11.6 Å². The lowest BCUT2D eigenvalue weighted by atomic mass is 10.1. The van der Waals surface area contributed by atoms with E-state index >= 15 is 0 Å². The van der Waals surface area contributed by atoms with Gasteiger partial charge in [0.1, 0.15) is 5.75 Å². The molecule has 3 aromatic rings. The van der Waals surface area contributed by atoms with Crippen molar-refractivity contribution in [2.75, 3.05) is 7.11 Å². The van der Waals surface area contributed by atoms with Gasteiger partial charge >= 0.3 is 0 Å². The Labute approximate surface area is 136 Å². The third-order valence-electron chi connectivity index (χ3n) is 3.52. The van der Waals surface area contributed by atoms with Gasteiger partial charge in [0, 0.05) is 21.6 Å². The van der Waals surface area contributed by atoms with E-state index in [9.17, 15) is 5.11 Å². The summed E-state index contributed by atoms with van der Waals surface area (Å²) in [6.07, 6.45) is 1.66. The fourth-order valence-electron chi connectivity index (χ4n) is 2.24. The first-order chi connectivity index (χ1) is 10.6. The van der Waals surface area contributed by atoms with E-state index < -0.39 is 0 Å². The van der Waals surface area contributed by atoms with Gasteiger partial charge in [-0.1, -0.05) is 22.0 Å². The van der Waals surface area contributed by atoms with E-state index in [1.165, 1.54) is 0 Å². The molecule has 0 radical (unpaired) electrons. The van der Waals surface area contributed by atoms with E-state index in [1.807, 2.05) is 43.3 Å². The molecule has 22 heavy (non-hydrogen) atoms. The number of rotatable bonds is 3. The summed E-state index contributed by atoms with van der Waals surface area (Å²) in [5.74, 6) is 0.831. The first-order valence-corrected chi connectivity index (χ1v) is 7.56. The van der Waals surface area contributed by atoms with Gasteiger partial charge in [-0.3, -0.25) is 4.99 Å². The Bertz CT molecular complexity index is 868. The summed E-state index contributed by atoms with van der Waals surface area (Å²) in [7, 11) is 1.62. The molecular weight excluding hydrogens is 344 g/mol. The number of aryl methyl sites for hydroxylation is 1.